The van der Waals surface area contributed by atoms with Gasteiger partial charge in [-0.1, -0.05) is 6.92 Å². The number of methoxy groups -OCH3 is 2. The number of amides is 1. The topological polar surface area (TPSA) is 89.8 Å². The molecule has 30 heavy (non-hydrogen) atoms. The molecule has 0 saturated heterocycles. The van der Waals surface area contributed by atoms with Gasteiger partial charge < -0.3 is 20.1 Å². The third-order valence-electron chi connectivity index (χ3n) is 4.94. The second kappa shape index (κ2) is 9.80. The van der Waals surface area contributed by atoms with Crippen molar-refractivity contribution in [3.63, 3.8) is 0 Å². The van der Waals surface area contributed by atoms with Crippen LogP contribution in [0, 0.1) is 0 Å². The molecule has 0 fully saturated rings. The summed E-state index contributed by atoms with van der Waals surface area (Å²) >= 11 is 3.58. The lowest BCUT2D eigenvalue weighted by atomic mass is 10.1. The van der Waals surface area contributed by atoms with Crippen molar-refractivity contribution in [2.75, 3.05) is 26.1 Å². The van der Waals surface area contributed by atoms with Gasteiger partial charge in [-0.05, 0) is 34.5 Å². The highest BCUT2D eigenvalue weighted by Crippen LogP contribution is 2.30. The molecule has 2 aromatic heterocycles. The molecule has 1 atom stereocenters. The van der Waals surface area contributed by atoms with E-state index in [2.05, 4.69) is 38.5 Å². The van der Waals surface area contributed by atoms with Gasteiger partial charge in [0.1, 0.15) is 27.4 Å². The van der Waals surface area contributed by atoms with E-state index in [4.69, 9.17) is 14.5 Å². The fourth-order valence-electron chi connectivity index (χ4n) is 3.30. The van der Waals surface area contributed by atoms with Gasteiger partial charge in [0, 0.05) is 50.0 Å². The van der Waals surface area contributed by atoms with Gasteiger partial charge in [-0.2, -0.15) is 0 Å². The maximum Gasteiger partial charge on any atom is 0.216 e. The maximum atomic E-state index is 11.3. The number of halogens is 1. The van der Waals surface area contributed by atoms with Crippen molar-refractivity contribution in [2.45, 2.75) is 32.7 Å². The average Bonchev–Trinajstić information content (AvgIpc) is 3.09. The Balaban J connectivity index is 1.89. The van der Waals surface area contributed by atoms with E-state index in [0.29, 0.717) is 23.5 Å². The molecular formula is C21H26BrN5O3. The van der Waals surface area contributed by atoms with Crippen LogP contribution in [-0.4, -0.2) is 41.0 Å². The fourth-order valence-corrected chi connectivity index (χ4v) is 3.86. The molecule has 0 aliphatic carbocycles. The smallest absolute Gasteiger partial charge is 0.216 e. The Morgan fingerprint density at radius 3 is 2.77 bits per heavy atom. The van der Waals surface area contributed by atoms with Crippen LogP contribution < -0.4 is 20.1 Å². The molecular weight excluding hydrogens is 450 g/mol. The first-order valence-electron chi connectivity index (χ1n) is 9.70. The third-order valence-corrected chi connectivity index (χ3v) is 5.49. The van der Waals surface area contributed by atoms with Gasteiger partial charge in [0.05, 0.1) is 14.2 Å². The predicted molar refractivity (Wildman–Crippen MR) is 119 cm³/mol. The highest BCUT2D eigenvalue weighted by atomic mass is 79.9. The summed E-state index contributed by atoms with van der Waals surface area (Å²) in [7, 11) is 3.26. The summed E-state index contributed by atoms with van der Waals surface area (Å²) in [6.45, 7) is 4.66. The fraction of sp³-hybridized carbons (Fsp3) is 0.381. The van der Waals surface area contributed by atoms with E-state index in [1.54, 1.807) is 20.4 Å². The number of ether oxygens (including phenoxy) is 2. The molecule has 0 unspecified atom stereocenters. The van der Waals surface area contributed by atoms with Crippen molar-refractivity contribution in [1.82, 2.24) is 19.7 Å². The monoisotopic (exact) mass is 475 g/mol. The number of rotatable bonds is 9. The highest BCUT2D eigenvalue weighted by molar-refractivity contribution is 9.10. The number of hydrogen-bond donors (Lipinski definition) is 2. The molecule has 0 saturated carbocycles. The van der Waals surface area contributed by atoms with Gasteiger partial charge in [-0.3, -0.25) is 9.20 Å². The van der Waals surface area contributed by atoms with Crippen LogP contribution in [0.5, 0.6) is 11.5 Å². The summed E-state index contributed by atoms with van der Waals surface area (Å²) in [5, 5.41) is 6.27. The number of aromatic nitrogens is 3. The molecule has 8 nitrogen and oxygen atoms in total. The molecule has 0 aliphatic rings. The number of carbonyl (C=O) groups is 1. The Bertz CT molecular complexity index is 1040. The zero-order valence-corrected chi connectivity index (χ0v) is 19.1. The highest BCUT2D eigenvalue weighted by Gasteiger charge is 2.20. The lowest BCUT2D eigenvalue weighted by Crippen LogP contribution is -2.26. The summed E-state index contributed by atoms with van der Waals surface area (Å²) in [6, 6.07) is 5.71. The lowest BCUT2D eigenvalue weighted by molar-refractivity contribution is -0.119. The van der Waals surface area contributed by atoms with Crippen molar-refractivity contribution < 1.29 is 14.3 Å². The van der Waals surface area contributed by atoms with Crippen LogP contribution in [0.25, 0.3) is 5.52 Å². The Morgan fingerprint density at radius 2 is 2.10 bits per heavy atom. The molecule has 2 N–H and O–H groups in total. The molecule has 3 rings (SSSR count). The first-order valence-corrected chi connectivity index (χ1v) is 10.5. The van der Waals surface area contributed by atoms with E-state index < -0.39 is 0 Å². The number of carbonyl (C=O) groups excluding carboxylic acids is 1. The Kier molecular flexibility index (Phi) is 7.15. The first kappa shape index (κ1) is 21.9. The SMILES string of the molecule is CC[C@H](CNC(C)=O)c1nc(Br)c2c(NCc3ccc(OC)cc3OC)nccn12. The number of benzene rings is 1. The Labute approximate surface area is 184 Å². The standard InChI is InChI=1S/C21H26BrN5O3/c1-5-14(11-24-13(2)28)21-26-19(22)18-20(23-8-9-27(18)21)25-12-15-6-7-16(29-3)10-17(15)30-4/h6-10,14H,5,11-12H2,1-4H3,(H,23,25)(H,24,28)/t14-/m1/s1. The second-order valence-electron chi connectivity index (χ2n) is 6.83. The Hall–Kier alpha value is -2.81. The Morgan fingerprint density at radius 1 is 1.30 bits per heavy atom. The predicted octanol–water partition coefficient (Wildman–Crippen LogP) is 3.75. The normalized spacial score (nSPS) is 11.9. The molecule has 9 heteroatoms. The molecule has 0 bridgehead atoms. The molecule has 1 amide bonds. The number of anilines is 1. The molecule has 0 aliphatic heterocycles. The summed E-state index contributed by atoms with van der Waals surface area (Å²) in [6.07, 6.45) is 4.47. The van der Waals surface area contributed by atoms with Crippen LogP contribution in [0.1, 0.15) is 37.6 Å². The maximum absolute atomic E-state index is 11.3. The third kappa shape index (κ3) is 4.67. The molecule has 0 spiro atoms. The van der Waals surface area contributed by atoms with Gasteiger partial charge in [-0.25, -0.2) is 9.97 Å². The lowest BCUT2D eigenvalue weighted by Gasteiger charge is -2.15. The van der Waals surface area contributed by atoms with Gasteiger partial charge in [0.2, 0.25) is 5.91 Å². The number of fused-ring (bicyclic) bond motifs is 1. The molecule has 2 heterocycles. The number of nitrogens with one attached hydrogen (secondary N) is 2. The summed E-state index contributed by atoms with van der Waals surface area (Å²) in [5.74, 6) is 3.10. The quantitative estimate of drug-likeness (QED) is 0.489. The van der Waals surface area contributed by atoms with Crippen LogP contribution in [-0.2, 0) is 11.3 Å². The van der Waals surface area contributed by atoms with Crippen molar-refractivity contribution in [2.24, 2.45) is 0 Å². The minimum absolute atomic E-state index is 0.0501. The van der Waals surface area contributed by atoms with Gasteiger partial charge >= 0.3 is 0 Å². The van der Waals surface area contributed by atoms with E-state index >= 15 is 0 Å². The largest absolute Gasteiger partial charge is 0.497 e. The van der Waals surface area contributed by atoms with Gasteiger partial charge in [0.25, 0.3) is 0 Å². The summed E-state index contributed by atoms with van der Waals surface area (Å²) < 4.78 is 13.5. The molecule has 1 aromatic carbocycles. The van der Waals surface area contributed by atoms with Crippen molar-refractivity contribution in [1.29, 1.82) is 0 Å². The van der Waals surface area contributed by atoms with E-state index in [1.807, 2.05) is 28.8 Å². The summed E-state index contributed by atoms with van der Waals surface area (Å²) in [5.41, 5.74) is 1.83. The van der Waals surface area contributed by atoms with Crippen LogP contribution in [0.15, 0.2) is 35.2 Å². The van der Waals surface area contributed by atoms with Gasteiger partial charge in [-0.15, -0.1) is 0 Å². The van der Waals surface area contributed by atoms with E-state index in [9.17, 15) is 4.79 Å². The second-order valence-corrected chi connectivity index (χ2v) is 7.58. The number of hydrogen-bond acceptors (Lipinski definition) is 6. The minimum atomic E-state index is -0.0501. The van der Waals surface area contributed by atoms with Crippen LogP contribution in [0.3, 0.4) is 0 Å². The number of nitrogens with zero attached hydrogens (tertiary/aromatic N) is 3. The number of imidazole rings is 1. The zero-order valence-electron chi connectivity index (χ0n) is 17.5. The van der Waals surface area contributed by atoms with Crippen molar-refractivity contribution in [3.8, 4) is 11.5 Å². The van der Waals surface area contributed by atoms with Crippen molar-refractivity contribution in [3.05, 3.63) is 46.6 Å². The van der Waals surface area contributed by atoms with Gasteiger partial charge in [0.15, 0.2) is 5.82 Å². The van der Waals surface area contributed by atoms with E-state index in [0.717, 1.165) is 34.8 Å². The van der Waals surface area contributed by atoms with Crippen LogP contribution >= 0.6 is 15.9 Å². The van der Waals surface area contributed by atoms with E-state index in [1.165, 1.54) is 6.92 Å². The molecule has 3 aromatic rings. The van der Waals surface area contributed by atoms with Crippen LogP contribution in [0.2, 0.25) is 0 Å². The minimum Gasteiger partial charge on any atom is -0.497 e. The zero-order chi connectivity index (χ0) is 21.7. The van der Waals surface area contributed by atoms with Crippen molar-refractivity contribution >= 4 is 33.2 Å². The molecule has 160 valence electrons. The van der Waals surface area contributed by atoms with E-state index in [-0.39, 0.29) is 11.8 Å². The summed E-state index contributed by atoms with van der Waals surface area (Å²) in [4.78, 5) is 20.6. The average molecular weight is 476 g/mol. The van der Waals surface area contributed by atoms with Crippen LogP contribution in [0.4, 0.5) is 5.82 Å². The first-order chi connectivity index (χ1) is 14.5. The molecule has 0 radical (unpaired) electrons.